The number of rotatable bonds is 4. The summed E-state index contributed by atoms with van der Waals surface area (Å²) >= 11 is 0. The largest absolute Gasteiger partial charge is 0.344 e. The third-order valence-corrected chi connectivity index (χ3v) is 1.93. The van der Waals surface area contributed by atoms with Gasteiger partial charge in [0.2, 0.25) is 0 Å². The molecule has 0 saturated heterocycles. The fraction of sp³-hybridized carbons (Fsp3) is 0.300. The van der Waals surface area contributed by atoms with Gasteiger partial charge < -0.3 is 5.32 Å². The highest BCUT2D eigenvalue weighted by Crippen LogP contribution is 2.21. The Morgan fingerprint density at radius 2 is 2.17 bits per heavy atom. The molecular formula is C10H7F4N3O. The van der Waals surface area contributed by atoms with Gasteiger partial charge in [-0.15, -0.1) is 0 Å². The quantitative estimate of drug-likeness (QED) is 0.837. The molecule has 18 heavy (non-hydrogen) atoms. The third-order valence-electron chi connectivity index (χ3n) is 1.93. The number of nitrogens with one attached hydrogen (secondary N) is 1. The summed E-state index contributed by atoms with van der Waals surface area (Å²) in [5, 5.41) is 10.1. The van der Waals surface area contributed by atoms with E-state index in [2.05, 4.69) is 4.98 Å². The number of nitrogens with zero attached hydrogens (tertiary/aromatic N) is 2. The van der Waals surface area contributed by atoms with E-state index in [1.807, 2.05) is 0 Å². The van der Waals surface area contributed by atoms with Crippen LogP contribution >= 0.6 is 0 Å². The summed E-state index contributed by atoms with van der Waals surface area (Å²) in [6.07, 6.45) is -2.79. The van der Waals surface area contributed by atoms with Crippen molar-refractivity contribution in [3.63, 3.8) is 0 Å². The van der Waals surface area contributed by atoms with E-state index in [0.717, 1.165) is 12.3 Å². The van der Waals surface area contributed by atoms with E-state index in [0.29, 0.717) is 0 Å². The van der Waals surface area contributed by atoms with Crippen molar-refractivity contribution >= 4 is 5.91 Å². The van der Waals surface area contributed by atoms with Crippen LogP contribution in [0.15, 0.2) is 18.3 Å². The van der Waals surface area contributed by atoms with E-state index in [1.54, 1.807) is 11.4 Å². The van der Waals surface area contributed by atoms with Crippen LogP contribution in [0.3, 0.4) is 0 Å². The topological polar surface area (TPSA) is 65.8 Å². The van der Waals surface area contributed by atoms with Crippen LogP contribution in [0.2, 0.25) is 0 Å². The number of carbonyl (C=O) groups excluding carboxylic acids is 1. The molecule has 1 aromatic heterocycles. The summed E-state index contributed by atoms with van der Waals surface area (Å²) in [5.74, 6) is -5.30. The van der Waals surface area contributed by atoms with E-state index >= 15 is 0 Å². The second-order valence-electron chi connectivity index (χ2n) is 3.29. The summed E-state index contributed by atoms with van der Waals surface area (Å²) < 4.78 is 48.6. The number of alkyl halides is 4. The molecule has 0 aliphatic heterocycles. The summed E-state index contributed by atoms with van der Waals surface area (Å²) in [7, 11) is 0. The molecule has 0 bridgehead atoms. The second kappa shape index (κ2) is 5.44. The maximum absolute atomic E-state index is 12.5. The Morgan fingerprint density at radius 3 is 2.61 bits per heavy atom. The molecule has 0 aliphatic rings. The Morgan fingerprint density at radius 1 is 1.50 bits per heavy atom. The number of amides is 1. The fourth-order valence-corrected chi connectivity index (χ4v) is 0.960. The lowest BCUT2D eigenvalue weighted by Gasteiger charge is -2.15. The Labute approximate surface area is 99.2 Å². The first kappa shape index (κ1) is 13.9. The zero-order chi connectivity index (χ0) is 13.8. The highest BCUT2D eigenvalue weighted by atomic mass is 19.3. The smallest absolute Gasteiger partial charge is 0.324 e. The van der Waals surface area contributed by atoms with Gasteiger partial charge in [-0.1, -0.05) is 0 Å². The van der Waals surface area contributed by atoms with Gasteiger partial charge in [0.15, 0.2) is 0 Å². The van der Waals surface area contributed by atoms with E-state index in [-0.39, 0.29) is 11.3 Å². The molecule has 8 heteroatoms. The lowest BCUT2D eigenvalue weighted by atomic mass is 10.2. The number of aromatic nitrogens is 1. The van der Waals surface area contributed by atoms with E-state index in [4.69, 9.17) is 5.26 Å². The number of carbonyl (C=O) groups is 1. The molecule has 1 rings (SSSR count). The molecule has 0 aromatic carbocycles. The Kier molecular flexibility index (Phi) is 4.20. The van der Waals surface area contributed by atoms with E-state index < -0.39 is 24.8 Å². The van der Waals surface area contributed by atoms with Gasteiger partial charge in [-0.2, -0.15) is 14.0 Å². The highest BCUT2D eigenvalue weighted by molar-refractivity contribution is 5.92. The average molecular weight is 261 g/mol. The van der Waals surface area contributed by atoms with Gasteiger partial charge in [0, 0.05) is 6.20 Å². The molecule has 1 heterocycles. The first-order valence-electron chi connectivity index (χ1n) is 4.67. The normalized spacial score (nSPS) is 11.1. The SMILES string of the molecule is N#Cc1ccc(C(=O)NCC(F)(F)C(F)F)nc1. The van der Waals surface area contributed by atoms with Gasteiger partial charge in [-0.25, -0.2) is 13.8 Å². The first-order valence-corrected chi connectivity index (χ1v) is 4.67. The number of pyridine rings is 1. The summed E-state index contributed by atoms with van der Waals surface area (Å²) in [5.41, 5.74) is -0.0523. The number of nitriles is 1. The van der Waals surface area contributed by atoms with Crippen molar-refractivity contribution in [2.24, 2.45) is 0 Å². The van der Waals surface area contributed by atoms with Crippen molar-refractivity contribution in [2.75, 3.05) is 6.54 Å². The number of hydrogen-bond donors (Lipinski definition) is 1. The van der Waals surface area contributed by atoms with Crippen LogP contribution in [0.1, 0.15) is 16.1 Å². The molecule has 1 N–H and O–H groups in total. The molecular weight excluding hydrogens is 254 g/mol. The van der Waals surface area contributed by atoms with Crippen LogP contribution in [0.25, 0.3) is 0 Å². The minimum Gasteiger partial charge on any atom is -0.344 e. The van der Waals surface area contributed by atoms with Crippen molar-refractivity contribution in [2.45, 2.75) is 12.3 Å². The van der Waals surface area contributed by atoms with Crippen molar-refractivity contribution in [3.05, 3.63) is 29.6 Å². The molecule has 4 nitrogen and oxygen atoms in total. The molecule has 0 radical (unpaired) electrons. The van der Waals surface area contributed by atoms with Gasteiger partial charge in [0.25, 0.3) is 5.91 Å². The minimum absolute atomic E-state index is 0.185. The van der Waals surface area contributed by atoms with Crippen LogP contribution in [0.5, 0.6) is 0 Å². The first-order chi connectivity index (χ1) is 8.36. The Bertz CT molecular complexity index is 467. The molecule has 1 aromatic rings. The molecule has 0 unspecified atom stereocenters. The van der Waals surface area contributed by atoms with Crippen LogP contribution in [-0.2, 0) is 0 Å². The Balaban J connectivity index is 2.63. The third kappa shape index (κ3) is 3.41. The second-order valence-corrected chi connectivity index (χ2v) is 3.29. The molecule has 0 aliphatic carbocycles. The lowest BCUT2D eigenvalue weighted by molar-refractivity contribution is -0.123. The van der Waals surface area contributed by atoms with Crippen LogP contribution in [-0.4, -0.2) is 29.8 Å². The lowest BCUT2D eigenvalue weighted by Crippen LogP contribution is -2.41. The number of hydrogen-bond acceptors (Lipinski definition) is 3. The van der Waals surface area contributed by atoms with Crippen molar-refractivity contribution in [3.8, 4) is 6.07 Å². The molecule has 1 amide bonds. The van der Waals surface area contributed by atoms with E-state index in [1.165, 1.54) is 6.07 Å². The summed E-state index contributed by atoms with van der Waals surface area (Å²) in [6, 6.07) is 4.14. The zero-order valence-corrected chi connectivity index (χ0v) is 8.83. The number of halogens is 4. The minimum atomic E-state index is -4.29. The molecule has 0 fully saturated rings. The molecule has 0 saturated carbocycles. The average Bonchev–Trinajstić information content (AvgIpc) is 2.36. The predicted octanol–water partition coefficient (Wildman–Crippen LogP) is 1.58. The van der Waals surface area contributed by atoms with Gasteiger partial charge in [-0.05, 0) is 12.1 Å². The standard InChI is InChI=1S/C10H7F4N3O/c11-9(12)10(13,14)5-17-8(18)7-2-1-6(3-15)4-16-7/h1-2,4,9H,5H2,(H,17,18). The van der Waals surface area contributed by atoms with Crippen LogP contribution < -0.4 is 5.32 Å². The van der Waals surface area contributed by atoms with Gasteiger partial charge in [-0.3, -0.25) is 4.79 Å². The molecule has 0 atom stereocenters. The van der Waals surface area contributed by atoms with E-state index in [9.17, 15) is 22.4 Å². The van der Waals surface area contributed by atoms with Gasteiger partial charge in [0.05, 0.1) is 12.1 Å². The predicted molar refractivity (Wildman–Crippen MR) is 52.2 cm³/mol. The van der Waals surface area contributed by atoms with Crippen LogP contribution in [0.4, 0.5) is 17.6 Å². The monoisotopic (exact) mass is 261 g/mol. The van der Waals surface area contributed by atoms with Crippen molar-refractivity contribution < 1.29 is 22.4 Å². The van der Waals surface area contributed by atoms with Crippen LogP contribution in [0, 0.1) is 11.3 Å². The molecule has 96 valence electrons. The van der Waals surface area contributed by atoms with Crippen molar-refractivity contribution in [1.29, 1.82) is 5.26 Å². The van der Waals surface area contributed by atoms with Gasteiger partial charge in [0.1, 0.15) is 11.8 Å². The maximum Gasteiger partial charge on any atom is 0.324 e. The van der Waals surface area contributed by atoms with Gasteiger partial charge >= 0.3 is 12.3 Å². The summed E-state index contributed by atoms with van der Waals surface area (Å²) in [4.78, 5) is 14.8. The maximum atomic E-state index is 12.5. The molecule has 0 spiro atoms. The summed E-state index contributed by atoms with van der Waals surface area (Å²) in [6.45, 7) is -1.48. The Hall–Kier alpha value is -2.17. The highest BCUT2D eigenvalue weighted by Gasteiger charge is 2.40. The van der Waals surface area contributed by atoms with Crippen molar-refractivity contribution in [1.82, 2.24) is 10.3 Å². The zero-order valence-electron chi connectivity index (χ0n) is 8.83. The fourth-order valence-electron chi connectivity index (χ4n) is 0.960.